The Balaban J connectivity index is 2.24. The third kappa shape index (κ3) is 4.27. The highest BCUT2D eigenvalue weighted by molar-refractivity contribution is 5.70. The highest BCUT2D eigenvalue weighted by Crippen LogP contribution is 2.15. The van der Waals surface area contributed by atoms with E-state index in [4.69, 9.17) is 4.74 Å². The SMILES string of the molecule is CC(C)(C)OC(=O)CC1CCNC1. The van der Waals surface area contributed by atoms with Gasteiger partial charge in [-0.05, 0) is 46.2 Å². The van der Waals surface area contributed by atoms with E-state index in [1.54, 1.807) is 0 Å². The van der Waals surface area contributed by atoms with Crippen molar-refractivity contribution >= 4 is 5.97 Å². The molecule has 1 N–H and O–H groups in total. The summed E-state index contributed by atoms with van der Waals surface area (Å²) in [5.41, 5.74) is -0.344. The van der Waals surface area contributed by atoms with Crippen LogP contribution in [0.5, 0.6) is 0 Å². The summed E-state index contributed by atoms with van der Waals surface area (Å²) in [4.78, 5) is 11.4. The molecule has 1 unspecified atom stereocenters. The molecule has 0 bridgehead atoms. The van der Waals surface area contributed by atoms with Gasteiger partial charge in [-0.2, -0.15) is 0 Å². The number of esters is 1. The molecule has 1 aliphatic rings. The largest absolute Gasteiger partial charge is 0.460 e. The Hall–Kier alpha value is -0.570. The average Bonchev–Trinajstić information content (AvgIpc) is 2.34. The van der Waals surface area contributed by atoms with Gasteiger partial charge in [0, 0.05) is 6.42 Å². The van der Waals surface area contributed by atoms with Gasteiger partial charge in [-0.25, -0.2) is 0 Å². The van der Waals surface area contributed by atoms with Crippen LogP contribution >= 0.6 is 0 Å². The van der Waals surface area contributed by atoms with E-state index in [1.165, 1.54) is 0 Å². The van der Waals surface area contributed by atoms with Crippen LogP contribution in [0.3, 0.4) is 0 Å². The second-order valence-corrected chi connectivity index (χ2v) is 4.65. The van der Waals surface area contributed by atoms with Gasteiger partial charge >= 0.3 is 5.97 Å². The maximum Gasteiger partial charge on any atom is 0.306 e. The number of hydrogen-bond donors (Lipinski definition) is 1. The Morgan fingerprint density at radius 2 is 2.23 bits per heavy atom. The zero-order valence-electron chi connectivity index (χ0n) is 8.72. The molecule has 0 aromatic heterocycles. The molecule has 1 fully saturated rings. The number of rotatable bonds is 2. The lowest BCUT2D eigenvalue weighted by Gasteiger charge is -2.20. The molecule has 0 radical (unpaired) electrons. The predicted octanol–water partition coefficient (Wildman–Crippen LogP) is 1.33. The van der Waals surface area contributed by atoms with Gasteiger partial charge in [0.2, 0.25) is 0 Å². The zero-order chi connectivity index (χ0) is 9.90. The Morgan fingerprint density at radius 3 is 2.69 bits per heavy atom. The highest BCUT2D eigenvalue weighted by Gasteiger charge is 2.22. The van der Waals surface area contributed by atoms with Gasteiger partial charge in [0.1, 0.15) is 5.60 Å². The van der Waals surface area contributed by atoms with Gasteiger partial charge in [0.15, 0.2) is 0 Å². The predicted molar refractivity (Wildman–Crippen MR) is 51.4 cm³/mol. The molecule has 1 rings (SSSR count). The van der Waals surface area contributed by atoms with E-state index in [1.807, 2.05) is 20.8 Å². The Bertz CT molecular complexity index is 178. The smallest absolute Gasteiger partial charge is 0.306 e. The summed E-state index contributed by atoms with van der Waals surface area (Å²) in [6, 6.07) is 0. The quantitative estimate of drug-likeness (QED) is 0.659. The number of nitrogens with one attached hydrogen (secondary N) is 1. The summed E-state index contributed by atoms with van der Waals surface area (Å²) in [6.45, 7) is 7.69. The molecule has 0 amide bonds. The van der Waals surface area contributed by atoms with Crippen LogP contribution in [0.2, 0.25) is 0 Å². The second kappa shape index (κ2) is 4.09. The van der Waals surface area contributed by atoms with Crippen molar-refractivity contribution in [3.05, 3.63) is 0 Å². The fourth-order valence-electron chi connectivity index (χ4n) is 1.51. The van der Waals surface area contributed by atoms with E-state index in [-0.39, 0.29) is 11.6 Å². The fraction of sp³-hybridized carbons (Fsp3) is 0.900. The minimum absolute atomic E-state index is 0.0683. The van der Waals surface area contributed by atoms with Crippen LogP contribution in [0.15, 0.2) is 0 Å². The zero-order valence-corrected chi connectivity index (χ0v) is 8.72. The first kappa shape index (κ1) is 10.5. The summed E-state index contributed by atoms with van der Waals surface area (Å²) >= 11 is 0. The van der Waals surface area contributed by atoms with Crippen molar-refractivity contribution in [3.8, 4) is 0 Å². The summed E-state index contributed by atoms with van der Waals surface area (Å²) in [5, 5.41) is 3.23. The lowest BCUT2D eigenvalue weighted by atomic mass is 10.1. The standard InChI is InChI=1S/C10H19NO2/c1-10(2,3)13-9(12)6-8-4-5-11-7-8/h8,11H,4-7H2,1-3H3. The molecule has 0 spiro atoms. The maximum absolute atomic E-state index is 11.4. The number of carbonyl (C=O) groups is 1. The summed E-state index contributed by atoms with van der Waals surface area (Å²) in [6.07, 6.45) is 1.66. The Kier molecular flexibility index (Phi) is 3.31. The van der Waals surface area contributed by atoms with E-state index in [2.05, 4.69) is 5.32 Å². The van der Waals surface area contributed by atoms with Gasteiger partial charge in [0.25, 0.3) is 0 Å². The minimum Gasteiger partial charge on any atom is -0.460 e. The average molecular weight is 185 g/mol. The molecule has 1 aliphatic heterocycles. The molecule has 0 aliphatic carbocycles. The van der Waals surface area contributed by atoms with Crippen molar-refractivity contribution in [1.29, 1.82) is 0 Å². The summed E-state index contributed by atoms with van der Waals surface area (Å²) in [7, 11) is 0. The first-order valence-corrected chi connectivity index (χ1v) is 4.90. The van der Waals surface area contributed by atoms with Gasteiger partial charge in [-0.3, -0.25) is 4.79 Å². The molecule has 1 atom stereocenters. The molecule has 0 aromatic carbocycles. The van der Waals surface area contributed by atoms with Crippen LogP contribution in [0.25, 0.3) is 0 Å². The van der Waals surface area contributed by atoms with E-state index < -0.39 is 0 Å². The van der Waals surface area contributed by atoms with E-state index >= 15 is 0 Å². The molecule has 1 heterocycles. The molecule has 76 valence electrons. The highest BCUT2D eigenvalue weighted by atomic mass is 16.6. The molecule has 13 heavy (non-hydrogen) atoms. The Morgan fingerprint density at radius 1 is 1.54 bits per heavy atom. The van der Waals surface area contributed by atoms with E-state index in [0.29, 0.717) is 12.3 Å². The van der Waals surface area contributed by atoms with E-state index in [0.717, 1.165) is 19.5 Å². The second-order valence-electron chi connectivity index (χ2n) is 4.65. The minimum atomic E-state index is -0.344. The van der Waals surface area contributed by atoms with Crippen LogP contribution in [0, 0.1) is 5.92 Å². The molecular weight excluding hydrogens is 166 g/mol. The fourth-order valence-corrected chi connectivity index (χ4v) is 1.51. The number of carbonyl (C=O) groups excluding carboxylic acids is 1. The van der Waals surface area contributed by atoms with Crippen LogP contribution in [0.4, 0.5) is 0 Å². The third-order valence-corrected chi connectivity index (χ3v) is 2.04. The van der Waals surface area contributed by atoms with Gasteiger partial charge in [0.05, 0.1) is 0 Å². The topological polar surface area (TPSA) is 38.3 Å². The first-order valence-electron chi connectivity index (χ1n) is 4.90. The molecule has 3 nitrogen and oxygen atoms in total. The molecule has 0 saturated carbocycles. The van der Waals surface area contributed by atoms with Crippen molar-refractivity contribution in [2.75, 3.05) is 13.1 Å². The number of hydrogen-bond acceptors (Lipinski definition) is 3. The van der Waals surface area contributed by atoms with Crippen LogP contribution < -0.4 is 5.32 Å². The van der Waals surface area contributed by atoms with E-state index in [9.17, 15) is 4.79 Å². The molecule has 0 aromatic rings. The summed E-state index contributed by atoms with van der Waals surface area (Å²) < 4.78 is 5.23. The Labute approximate surface area is 79.8 Å². The van der Waals surface area contributed by atoms with Gasteiger partial charge < -0.3 is 10.1 Å². The number of ether oxygens (including phenoxy) is 1. The maximum atomic E-state index is 11.4. The van der Waals surface area contributed by atoms with Crippen LogP contribution in [-0.4, -0.2) is 24.7 Å². The molecule has 3 heteroatoms. The van der Waals surface area contributed by atoms with Crippen molar-refractivity contribution < 1.29 is 9.53 Å². The van der Waals surface area contributed by atoms with Gasteiger partial charge in [-0.15, -0.1) is 0 Å². The monoisotopic (exact) mass is 185 g/mol. The first-order chi connectivity index (χ1) is 5.97. The van der Waals surface area contributed by atoms with Crippen LogP contribution in [-0.2, 0) is 9.53 Å². The molecule has 1 saturated heterocycles. The van der Waals surface area contributed by atoms with Gasteiger partial charge in [-0.1, -0.05) is 0 Å². The molecular formula is C10H19NO2. The van der Waals surface area contributed by atoms with Crippen molar-refractivity contribution in [3.63, 3.8) is 0 Å². The van der Waals surface area contributed by atoms with Crippen molar-refractivity contribution in [2.24, 2.45) is 5.92 Å². The third-order valence-electron chi connectivity index (χ3n) is 2.04. The summed E-state index contributed by atoms with van der Waals surface area (Å²) in [5.74, 6) is 0.413. The van der Waals surface area contributed by atoms with Crippen molar-refractivity contribution in [1.82, 2.24) is 5.32 Å². The lowest BCUT2D eigenvalue weighted by molar-refractivity contribution is -0.155. The van der Waals surface area contributed by atoms with Crippen LogP contribution in [0.1, 0.15) is 33.6 Å². The normalized spacial score (nSPS) is 23.2. The lowest BCUT2D eigenvalue weighted by Crippen LogP contribution is -2.25. The van der Waals surface area contributed by atoms with Crippen molar-refractivity contribution in [2.45, 2.75) is 39.2 Å².